The van der Waals surface area contributed by atoms with E-state index in [1.54, 1.807) is 36.3 Å². The average molecular weight is 382 g/mol. The highest BCUT2D eigenvalue weighted by Crippen LogP contribution is 2.25. The van der Waals surface area contributed by atoms with Gasteiger partial charge in [-0.15, -0.1) is 0 Å². The number of ether oxygens (including phenoxy) is 1. The molecule has 0 saturated heterocycles. The van der Waals surface area contributed by atoms with Gasteiger partial charge in [0.25, 0.3) is 0 Å². The van der Waals surface area contributed by atoms with Crippen LogP contribution in [0.5, 0.6) is 5.75 Å². The Morgan fingerprint density at radius 1 is 1.22 bits per heavy atom. The summed E-state index contributed by atoms with van der Waals surface area (Å²) in [5.74, 6) is 0.605. The summed E-state index contributed by atoms with van der Waals surface area (Å²) in [6, 6.07) is 12.9. The van der Waals surface area contributed by atoms with Gasteiger partial charge in [0, 0.05) is 22.1 Å². The quantitative estimate of drug-likeness (QED) is 0.574. The maximum absolute atomic E-state index is 12.6. The van der Waals surface area contributed by atoms with E-state index in [9.17, 15) is 4.79 Å². The Balaban J connectivity index is 1.58. The van der Waals surface area contributed by atoms with Crippen LogP contribution in [-0.4, -0.2) is 32.3 Å². The SMILES string of the molecule is COc1ccc2c(ccn2CC(=O)Nc2cc(Cl)ccc2-n2cncn2)c1. The molecule has 2 heterocycles. The highest BCUT2D eigenvalue weighted by molar-refractivity contribution is 6.31. The summed E-state index contributed by atoms with van der Waals surface area (Å²) in [6.45, 7) is 0.166. The minimum absolute atomic E-state index is 0.166. The molecule has 0 bridgehead atoms. The molecule has 1 N–H and O–H groups in total. The molecule has 1 amide bonds. The number of aromatic nitrogens is 4. The number of benzene rings is 2. The predicted octanol–water partition coefficient (Wildman–Crippen LogP) is 3.52. The number of methoxy groups -OCH3 is 1. The second kappa shape index (κ2) is 7.13. The van der Waals surface area contributed by atoms with E-state index in [1.807, 2.05) is 35.0 Å². The van der Waals surface area contributed by atoms with Gasteiger partial charge >= 0.3 is 0 Å². The van der Waals surface area contributed by atoms with Crippen molar-refractivity contribution in [2.24, 2.45) is 0 Å². The van der Waals surface area contributed by atoms with Crippen LogP contribution in [0.25, 0.3) is 16.6 Å². The molecule has 0 aliphatic rings. The lowest BCUT2D eigenvalue weighted by Gasteiger charge is -2.12. The third-order valence-corrected chi connectivity index (χ3v) is 4.43. The number of nitrogens with zero attached hydrogens (tertiary/aromatic N) is 4. The van der Waals surface area contributed by atoms with Crippen LogP contribution in [0.3, 0.4) is 0 Å². The zero-order valence-electron chi connectivity index (χ0n) is 14.5. The van der Waals surface area contributed by atoms with E-state index in [1.165, 1.54) is 6.33 Å². The molecular weight excluding hydrogens is 366 g/mol. The van der Waals surface area contributed by atoms with E-state index < -0.39 is 0 Å². The molecular formula is C19H16ClN5O2. The Kier molecular flexibility index (Phi) is 4.52. The zero-order valence-corrected chi connectivity index (χ0v) is 15.2. The van der Waals surface area contributed by atoms with Crippen molar-refractivity contribution in [2.75, 3.05) is 12.4 Å². The van der Waals surface area contributed by atoms with E-state index in [2.05, 4.69) is 15.4 Å². The van der Waals surface area contributed by atoms with Crippen LogP contribution in [0.2, 0.25) is 5.02 Å². The summed E-state index contributed by atoms with van der Waals surface area (Å²) in [4.78, 5) is 16.6. The number of carbonyl (C=O) groups excluding carboxylic acids is 1. The van der Waals surface area contributed by atoms with E-state index in [0.717, 1.165) is 16.7 Å². The molecule has 27 heavy (non-hydrogen) atoms. The van der Waals surface area contributed by atoms with Crippen molar-refractivity contribution in [3.05, 3.63) is 66.3 Å². The molecule has 0 saturated carbocycles. The van der Waals surface area contributed by atoms with Crippen LogP contribution in [0.4, 0.5) is 5.69 Å². The molecule has 0 unspecified atom stereocenters. The Morgan fingerprint density at radius 2 is 2.11 bits per heavy atom. The van der Waals surface area contributed by atoms with E-state index in [-0.39, 0.29) is 12.5 Å². The summed E-state index contributed by atoms with van der Waals surface area (Å²) < 4.78 is 8.69. The van der Waals surface area contributed by atoms with E-state index in [4.69, 9.17) is 16.3 Å². The zero-order chi connectivity index (χ0) is 18.8. The molecule has 2 aromatic heterocycles. The van der Waals surface area contributed by atoms with E-state index >= 15 is 0 Å². The van der Waals surface area contributed by atoms with Crippen LogP contribution >= 0.6 is 11.6 Å². The second-order valence-corrected chi connectivity index (χ2v) is 6.35. The van der Waals surface area contributed by atoms with E-state index in [0.29, 0.717) is 16.4 Å². The molecule has 7 nitrogen and oxygen atoms in total. The number of nitrogens with one attached hydrogen (secondary N) is 1. The van der Waals surface area contributed by atoms with Gasteiger partial charge in [0.05, 0.1) is 18.5 Å². The molecule has 2 aromatic carbocycles. The number of amides is 1. The fraction of sp³-hybridized carbons (Fsp3) is 0.105. The van der Waals surface area contributed by atoms with Crippen LogP contribution in [-0.2, 0) is 11.3 Å². The Morgan fingerprint density at radius 3 is 2.89 bits per heavy atom. The monoisotopic (exact) mass is 381 g/mol. The number of carbonyl (C=O) groups is 1. The third kappa shape index (κ3) is 3.50. The van der Waals surface area contributed by atoms with Gasteiger partial charge in [0.15, 0.2) is 0 Å². The second-order valence-electron chi connectivity index (χ2n) is 5.92. The van der Waals surface area contributed by atoms with Crippen molar-refractivity contribution in [1.82, 2.24) is 19.3 Å². The van der Waals surface area contributed by atoms with Crippen molar-refractivity contribution in [2.45, 2.75) is 6.54 Å². The third-order valence-electron chi connectivity index (χ3n) is 4.19. The summed E-state index contributed by atoms with van der Waals surface area (Å²) in [7, 11) is 1.63. The minimum atomic E-state index is -0.174. The summed E-state index contributed by atoms with van der Waals surface area (Å²) in [6.07, 6.45) is 4.87. The molecule has 0 atom stereocenters. The number of hydrogen-bond acceptors (Lipinski definition) is 4. The summed E-state index contributed by atoms with van der Waals surface area (Å²) in [5, 5.41) is 8.55. The molecule has 0 aliphatic carbocycles. The largest absolute Gasteiger partial charge is 0.497 e. The minimum Gasteiger partial charge on any atom is -0.497 e. The average Bonchev–Trinajstić information content (AvgIpc) is 3.32. The summed E-state index contributed by atoms with van der Waals surface area (Å²) in [5.41, 5.74) is 2.21. The van der Waals surface area contributed by atoms with Crippen molar-refractivity contribution < 1.29 is 9.53 Å². The van der Waals surface area contributed by atoms with Gasteiger partial charge in [0.2, 0.25) is 5.91 Å². The molecule has 8 heteroatoms. The molecule has 0 spiro atoms. The topological polar surface area (TPSA) is 74.0 Å². The van der Waals surface area contributed by atoms with Crippen LogP contribution < -0.4 is 10.1 Å². The first-order valence-corrected chi connectivity index (χ1v) is 8.59. The molecule has 0 aliphatic heterocycles. The van der Waals surface area contributed by atoms with Crippen LogP contribution in [0.1, 0.15) is 0 Å². The first kappa shape index (κ1) is 17.1. The van der Waals surface area contributed by atoms with Gasteiger partial charge < -0.3 is 14.6 Å². The van der Waals surface area contributed by atoms with Crippen LogP contribution in [0.15, 0.2) is 61.3 Å². The van der Waals surface area contributed by atoms with Crippen molar-refractivity contribution in [3.63, 3.8) is 0 Å². The number of rotatable bonds is 5. The maximum Gasteiger partial charge on any atom is 0.244 e. The standard InChI is InChI=1S/C19H16ClN5O2/c1-27-15-3-5-17-13(8-15)6-7-24(17)10-19(26)23-16-9-14(20)2-4-18(16)25-12-21-11-22-25/h2-9,11-12H,10H2,1H3,(H,23,26). The molecule has 0 fully saturated rings. The Bertz CT molecular complexity index is 1100. The van der Waals surface area contributed by atoms with Crippen molar-refractivity contribution in [1.29, 1.82) is 0 Å². The number of halogens is 1. The first-order valence-electron chi connectivity index (χ1n) is 8.21. The van der Waals surface area contributed by atoms with Gasteiger partial charge in [-0.25, -0.2) is 9.67 Å². The Labute approximate surface area is 160 Å². The predicted molar refractivity (Wildman–Crippen MR) is 103 cm³/mol. The molecule has 4 rings (SSSR count). The fourth-order valence-corrected chi connectivity index (χ4v) is 3.10. The highest BCUT2D eigenvalue weighted by Gasteiger charge is 2.12. The van der Waals surface area contributed by atoms with Gasteiger partial charge in [0.1, 0.15) is 24.9 Å². The number of hydrogen-bond donors (Lipinski definition) is 1. The molecule has 136 valence electrons. The Hall–Kier alpha value is -3.32. The smallest absolute Gasteiger partial charge is 0.244 e. The lowest BCUT2D eigenvalue weighted by Crippen LogP contribution is -2.19. The highest BCUT2D eigenvalue weighted by atomic mass is 35.5. The summed E-state index contributed by atoms with van der Waals surface area (Å²) >= 11 is 6.10. The molecule has 4 aromatic rings. The maximum atomic E-state index is 12.6. The van der Waals surface area contributed by atoms with Gasteiger partial charge in [-0.1, -0.05) is 11.6 Å². The number of anilines is 1. The van der Waals surface area contributed by atoms with Crippen molar-refractivity contribution in [3.8, 4) is 11.4 Å². The lowest BCUT2D eigenvalue weighted by atomic mass is 10.2. The van der Waals surface area contributed by atoms with Crippen LogP contribution in [0, 0.1) is 0 Å². The first-order chi connectivity index (χ1) is 13.1. The fourth-order valence-electron chi connectivity index (χ4n) is 2.93. The van der Waals surface area contributed by atoms with Gasteiger partial charge in [-0.05, 0) is 42.5 Å². The van der Waals surface area contributed by atoms with Gasteiger partial charge in [-0.3, -0.25) is 4.79 Å². The molecule has 0 radical (unpaired) electrons. The van der Waals surface area contributed by atoms with Gasteiger partial charge in [-0.2, -0.15) is 5.10 Å². The normalized spacial score (nSPS) is 10.9. The van der Waals surface area contributed by atoms with Crippen molar-refractivity contribution >= 4 is 34.1 Å². The number of fused-ring (bicyclic) bond motifs is 1. The lowest BCUT2D eigenvalue weighted by molar-refractivity contribution is -0.116.